The maximum atomic E-state index is 11.7. The summed E-state index contributed by atoms with van der Waals surface area (Å²) < 4.78 is 7.02. The standard InChI is InChI=1S/C15H18BrN3O2/c1-19-15(20)14(16)13(10-18-19)17-8-4-6-11-5-3-7-12(9-11)21-2/h3,5,7,9-10,17H,4,6,8H2,1-2H3. The van der Waals surface area contributed by atoms with Crippen molar-refractivity contribution in [3.8, 4) is 5.75 Å². The van der Waals surface area contributed by atoms with Gasteiger partial charge in [0.1, 0.15) is 10.2 Å². The van der Waals surface area contributed by atoms with Crippen LogP contribution in [0.5, 0.6) is 5.75 Å². The van der Waals surface area contributed by atoms with E-state index in [1.165, 1.54) is 10.2 Å². The fraction of sp³-hybridized carbons (Fsp3) is 0.333. The summed E-state index contributed by atoms with van der Waals surface area (Å²) in [6.45, 7) is 0.769. The molecule has 2 rings (SSSR count). The average Bonchev–Trinajstić information content (AvgIpc) is 2.51. The molecule has 5 nitrogen and oxygen atoms in total. The van der Waals surface area contributed by atoms with Gasteiger partial charge in [0.05, 0.1) is 19.0 Å². The minimum atomic E-state index is -0.146. The lowest BCUT2D eigenvalue weighted by Crippen LogP contribution is -2.21. The third kappa shape index (κ3) is 4.07. The molecule has 0 aliphatic heterocycles. The smallest absolute Gasteiger partial charge is 0.282 e. The zero-order valence-corrected chi connectivity index (χ0v) is 13.7. The largest absolute Gasteiger partial charge is 0.497 e. The molecule has 0 amide bonds. The molecule has 0 spiro atoms. The topological polar surface area (TPSA) is 56.1 Å². The number of hydrogen-bond acceptors (Lipinski definition) is 4. The summed E-state index contributed by atoms with van der Waals surface area (Å²) in [6, 6.07) is 8.04. The van der Waals surface area contributed by atoms with Gasteiger partial charge >= 0.3 is 0 Å². The van der Waals surface area contributed by atoms with Gasteiger partial charge in [0, 0.05) is 13.6 Å². The SMILES string of the molecule is COc1cccc(CCCNc2cnn(C)c(=O)c2Br)c1. The summed E-state index contributed by atoms with van der Waals surface area (Å²) in [5.41, 5.74) is 1.81. The van der Waals surface area contributed by atoms with Crippen LogP contribution in [-0.2, 0) is 13.5 Å². The van der Waals surface area contributed by atoms with Crippen molar-refractivity contribution in [1.29, 1.82) is 0 Å². The van der Waals surface area contributed by atoms with Gasteiger partial charge in [-0.25, -0.2) is 4.68 Å². The molecule has 1 aromatic heterocycles. The third-order valence-corrected chi connectivity index (χ3v) is 3.94. The summed E-state index contributed by atoms with van der Waals surface area (Å²) >= 11 is 3.29. The Hall–Kier alpha value is -1.82. The molecule has 0 atom stereocenters. The Morgan fingerprint density at radius 2 is 2.24 bits per heavy atom. The normalized spacial score (nSPS) is 10.4. The quantitative estimate of drug-likeness (QED) is 0.812. The van der Waals surface area contributed by atoms with Crippen LogP contribution in [0.15, 0.2) is 39.7 Å². The van der Waals surface area contributed by atoms with E-state index in [0.29, 0.717) is 4.47 Å². The molecule has 0 unspecified atom stereocenters. The van der Waals surface area contributed by atoms with Crippen LogP contribution in [0.1, 0.15) is 12.0 Å². The van der Waals surface area contributed by atoms with Crippen molar-refractivity contribution >= 4 is 21.6 Å². The van der Waals surface area contributed by atoms with Crippen LogP contribution in [0.2, 0.25) is 0 Å². The predicted octanol–water partition coefficient (Wildman–Crippen LogP) is 2.60. The molecule has 0 aliphatic rings. The average molecular weight is 352 g/mol. The van der Waals surface area contributed by atoms with Crippen LogP contribution in [0, 0.1) is 0 Å². The highest BCUT2D eigenvalue weighted by Gasteiger charge is 2.05. The van der Waals surface area contributed by atoms with E-state index in [1.807, 2.05) is 18.2 Å². The van der Waals surface area contributed by atoms with Gasteiger partial charge in [-0.3, -0.25) is 4.79 Å². The van der Waals surface area contributed by atoms with Crippen LogP contribution >= 0.6 is 15.9 Å². The lowest BCUT2D eigenvalue weighted by Gasteiger charge is -2.09. The van der Waals surface area contributed by atoms with Crippen molar-refractivity contribution in [2.24, 2.45) is 7.05 Å². The molecule has 0 saturated carbocycles. The van der Waals surface area contributed by atoms with E-state index in [-0.39, 0.29) is 5.56 Å². The molecule has 1 heterocycles. The maximum Gasteiger partial charge on any atom is 0.282 e. The van der Waals surface area contributed by atoms with Crippen LogP contribution in [-0.4, -0.2) is 23.4 Å². The molecule has 6 heteroatoms. The predicted molar refractivity (Wildman–Crippen MR) is 87.0 cm³/mol. The van der Waals surface area contributed by atoms with Crippen molar-refractivity contribution in [1.82, 2.24) is 9.78 Å². The van der Waals surface area contributed by atoms with Gasteiger partial charge in [-0.1, -0.05) is 12.1 Å². The van der Waals surface area contributed by atoms with Gasteiger partial charge in [-0.15, -0.1) is 0 Å². The third-order valence-electron chi connectivity index (χ3n) is 3.17. The van der Waals surface area contributed by atoms with E-state index in [4.69, 9.17) is 4.74 Å². The summed E-state index contributed by atoms with van der Waals surface area (Å²) in [4.78, 5) is 11.7. The van der Waals surface area contributed by atoms with Crippen molar-refractivity contribution in [3.05, 3.63) is 50.9 Å². The number of benzene rings is 1. The molecule has 0 aliphatic carbocycles. The number of ether oxygens (including phenoxy) is 1. The van der Waals surface area contributed by atoms with Gasteiger partial charge < -0.3 is 10.1 Å². The highest BCUT2D eigenvalue weighted by Crippen LogP contribution is 2.17. The van der Waals surface area contributed by atoms with E-state index in [9.17, 15) is 4.79 Å². The number of nitrogens with zero attached hydrogens (tertiary/aromatic N) is 2. The van der Waals surface area contributed by atoms with Crippen molar-refractivity contribution in [2.75, 3.05) is 19.0 Å². The minimum absolute atomic E-state index is 0.146. The number of hydrogen-bond donors (Lipinski definition) is 1. The van der Waals surface area contributed by atoms with Gasteiger partial charge in [-0.2, -0.15) is 5.10 Å². The van der Waals surface area contributed by atoms with Gasteiger partial charge in [-0.05, 0) is 46.5 Å². The number of rotatable bonds is 6. The van der Waals surface area contributed by atoms with Crippen LogP contribution in [0.25, 0.3) is 0 Å². The number of aryl methyl sites for hydroxylation is 2. The van der Waals surface area contributed by atoms with Gasteiger partial charge in [0.2, 0.25) is 0 Å². The van der Waals surface area contributed by atoms with Crippen molar-refractivity contribution in [2.45, 2.75) is 12.8 Å². The van der Waals surface area contributed by atoms with Crippen molar-refractivity contribution < 1.29 is 4.74 Å². The summed E-state index contributed by atoms with van der Waals surface area (Å²) in [5.74, 6) is 0.874. The molecule has 1 N–H and O–H groups in total. The summed E-state index contributed by atoms with van der Waals surface area (Å²) in [7, 11) is 3.29. The fourth-order valence-electron chi connectivity index (χ4n) is 1.98. The number of methoxy groups -OCH3 is 1. The van der Waals surface area contributed by atoms with E-state index in [1.54, 1.807) is 20.4 Å². The lowest BCUT2D eigenvalue weighted by molar-refractivity contribution is 0.414. The first kappa shape index (κ1) is 15.6. The summed E-state index contributed by atoms with van der Waals surface area (Å²) in [6.07, 6.45) is 3.55. The van der Waals surface area contributed by atoms with E-state index in [0.717, 1.165) is 30.8 Å². The zero-order valence-electron chi connectivity index (χ0n) is 12.1. The number of aromatic nitrogens is 2. The number of anilines is 1. The van der Waals surface area contributed by atoms with Crippen molar-refractivity contribution in [3.63, 3.8) is 0 Å². The van der Waals surface area contributed by atoms with E-state index < -0.39 is 0 Å². The molecular formula is C15H18BrN3O2. The molecule has 21 heavy (non-hydrogen) atoms. The molecular weight excluding hydrogens is 334 g/mol. The minimum Gasteiger partial charge on any atom is -0.497 e. The first-order chi connectivity index (χ1) is 10.1. The second kappa shape index (κ2) is 7.26. The Labute approximate surface area is 132 Å². The Morgan fingerprint density at radius 1 is 1.43 bits per heavy atom. The second-order valence-corrected chi connectivity index (χ2v) is 5.48. The maximum absolute atomic E-state index is 11.7. The van der Waals surface area contributed by atoms with Crippen LogP contribution in [0.3, 0.4) is 0 Å². The molecule has 1 aromatic carbocycles. The highest BCUT2D eigenvalue weighted by molar-refractivity contribution is 9.10. The van der Waals surface area contributed by atoms with Gasteiger partial charge in [0.25, 0.3) is 5.56 Å². The first-order valence-electron chi connectivity index (χ1n) is 6.70. The van der Waals surface area contributed by atoms with Crippen LogP contribution < -0.4 is 15.6 Å². The van der Waals surface area contributed by atoms with E-state index in [2.05, 4.69) is 32.4 Å². The zero-order chi connectivity index (χ0) is 15.2. The second-order valence-electron chi connectivity index (χ2n) is 4.68. The number of nitrogens with one attached hydrogen (secondary N) is 1. The Kier molecular flexibility index (Phi) is 5.38. The molecule has 0 bridgehead atoms. The lowest BCUT2D eigenvalue weighted by atomic mass is 10.1. The molecule has 0 radical (unpaired) electrons. The van der Waals surface area contributed by atoms with Crippen LogP contribution in [0.4, 0.5) is 5.69 Å². The molecule has 0 saturated heterocycles. The fourth-order valence-corrected chi connectivity index (χ4v) is 2.48. The highest BCUT2D eigenvalue weighted by atomic mass is 79.9. The Morgan fingerprint density at radius 3 is 3.00 bits per heavy atom. The molecule has 0 fully saturated rings. The first-order valence-corrected chi connectivity index (χ1v) is 7.49. The Bertz CT molecular complexity index is 670. The molecule has 2 aromatic rings. The van der Waals surface area contributed by atoms with Gasteiger partial charge in [0.15, 0.2) is 0 Å². The van der Waals surface area contributed by atoms with E-state index >= 15 is 0 Å². The monoisotopic (exact) mass is 351 g/mol. The Balaban J connectivity index is 1.87. The summed E-state index contributed by atoms with van der Waals surface area (Å²) in [5, 5.41) is 7.22. The number of halogens is 1. The molecule has 112 valence electrons.